The van der Waals surface area contributed by atoms with Crippen LogP contribution in [0.3, 0.4) is 0 Å². The van der Waals surface area contributed by atoms with Crippen LogP contribution in [-0.4, -0.2) is 18.2 Å². The Morgan fingerprint density at radius 3 is 1.90 bits per heavy atom. The highest BCUT2D eigenvalue weighted by Gasteiger charge is 2.27. The lowest BCUT2D eigenvalue weighted by Gasteiger charge is -2.18. The molecular formula is C17H14O2Si. The van der Waals surface area contributed by atoms with Gasteiger partial charge in [-0.1, -0.05) is 54.6 Å². The average molecular weight is 278 g/mol. The summed E-state index contributed by atoms with van der Waals surface area (Å²) in [5.74, 6) is 0. The van der Waals surface area contributed by atoms with E-state index >= 15 is 0 Å². The van der Waals surface area contributed by atoms with Gasteiger partial charge in [-0.15, -0.1) is 0 Å². The summed E-state index contributed by atoms with van der Waals surface area (Å²) in [6.45, 7) is 1.54. The van der Waals surface area contributed by atoms with Crippen molar-refractivity contribution in [2.24, 2.45) is 0 Å². The summed E-state index contributed by atoms with van der Waals surface area (Å²) < 4.78 is 0. The number of rotatable bonds is 1. The standard InChI is InChI=1S/C17H14O2Si/c1-20(18,19)15-10-8-13-6-5-11-3-2-4-12-7-9-14(15)17(13)16(11)12/h2-10,18-19H,1H3. The predicted molar refractivity (Wildman–Crippen MR) is 85.8 cm³/mol. The Bertz CT molecular complexity index is 922. The van der Waals surface area contributed by atoms with E-state index < -0.39 is 8.56 Å². The smallest absolute Gasteiger partial charge is 0.364 e. The van der Waals surface area contributed by atoms with Crippen LogP contribution in [0.2, 0.25) is 6.55 Å². The molecule has 98 valence electrons. The highest BCUT2D eigenvalue weighted by molar-refractivity contribution is 6.80. The zero-order valence-electron chi connectivity index (χ0n) is 11.1. The van der Waals surface area contributed by atoms with Crippen LogP contribution in [0.4, 0.5) is 0 Å². The fraction of sp³-hybridized carbons (Fsp3) is 0.0588. The first-order valence-corrected chi connectivity index (χ1v) is 9.07. The fourth-order valence-electron chi connectivity index (χ4n) is 3.15. The second kappa shape index (κ2) is 3.79. The van der Waals surface area contributed by atoms with Crippen molar-refractivity contribution in [3.63, 3.8) is 0 Å². The number of hydrogen-bond donors (Lipinski definition) is 2. The molecule has 0 saturated heterocycles. The van der Waals surface area contributed by atoms with Crippen molar-refractivity contribution in [3.05, 3.63) is 54.6 Å². The predicted octanol–water partition coefficient (Wildman–Crippen LogP) is 2.85. The second-order valence-electron chi connectivity index (χ2n) is 5.49. The van der Waals surface area contributed by atoms with Crippen LogP contribution >= 0.6 is 0 Å². The molecule has 0 amide bonds. The van der Waals surface area contributed by atoms with Gasteiger partial charge in [0, 0.05) is 5.19 Å². The maximum atomic E-state index is 10.1. The van der Waals surface area contributed by atoms with Gasteiger partial charge in [-0.25, -0.2) is 0 Å². The zero-order chi connectivity index (χ0) is 13.9. The van der Waals surface area contributed by atoms with Crippen molar-refractivity contribution in [3.8, 4) is 0 Å². The topological polar surface area (TPSA) is 40.5 Å². The quantitative estimate of drug-likeness (QED) is 0.415. The molecule has 0 unspecified atom stereocenters. The van der Waals surface area contributed by atoms with Crippen molar-refractivity contribution < 1.29 is 9.59 Å². The Kier molecular flexibility index (Phi) is 2.25. The molecule has 4 rings (SSSR count). The second-order valence-corrected chi connectivity index (χ2v) is 8.07. The first kappa shape index (κ1) is 11.8. The maximum Gasteiger partial charge on any atom is 0.364 e. The van der Waals surface area contributed by atoms with E-state index in [1.165, 1.54) is 16.2 Å². The molecule has 0 spiro atoms. The van der Waals surface area contributed by atoms with Crippen molar-refractivity contribution >= 4 is 46.1 Å². The van der Waals surface area contributed by atoms with Gasteiger partial charge < -0.3 is 9.59 Å². The van der Waals surface area contributed by atoms with Gasteiger partial charge in [0.15, 0.2) is 0 Å². The fourth-order valence-corrected chi connectivity index (χ4v) is 4.27. The lowest BCUT2D eigenvalue weighted by molar-refractivity contribution is 0.392. The van der Waals surface area contributed by atoms with E-state index in [-0.39, 0.29) is 0 Å². The molecule has 0 fully saturated rings. The van der Waals surface area contributed by atoms with Gasteiger partial charge in [0.1, 0.15) is 0 Å². The van der Waals surface area contributed by atoms with E-state index in [1.807, 2.05) is 18.2 Å². The van der Waals surface area contributed by atoms with Crippen molar-refractivity contribution in [2.75, 3.05) is 0 Å². The van der Waals surface area contributed by atoms with Gasteiger partial charge in [-0.2, -0.15) is 0 Å². The summed E-state index contributed by atoms with van der Waals surface area (Å²) >= 11 is 0. The molecule has 0 aromatic heterocycles. The lowest BCUT2D eigenvalue weighted by Crippen LogP contribution is -2.45. The SMILES string of the molecule is C[Si](O)(O)c1ccc2ccc3cccc4ccc1c2c34. The minimum atomic E-state index is -3.33. The van der Waals surface area contributed by atoms with Gasteiger partial charge in [-0.05, 0) is 38.9 Å². The van der Waals surface area contributed by atoms with Gasteiger partial charge >= 0.3 is 8.56 Å². The van der Waals surface area contributed by atoms with Crippen LogP contribution in [0.1, 0.15) is 0 Å². The molecule has 20 heavy (non-hydrogen) atoms. The molecule has 0 heterocycles. The van der Waals surface area contributed by atoms with Crippen LogP contribution in [-0.2, 0) is 0 Å². The molecule has 0 aliphatic heterocycles. The Balaban J connectivity index is 2.32. The summed E-state index contributed by atoms with van der Waals surface area (Å²) in [7, 11) is -3.33. The van der Waals surface area contributed by atoms with Gasteiger partial charge in [0.2, 0.25) is 0 Å². The highest BCUT2D eigenvalue weighted by atomic mass is 28.4. The average Bonchev–Trinajstić information content (AvgIpc) is 2.43. The largest absolute Gasteiger partial charge is 0.408 e. The molecule has 2 nitrogen and oxygen atoms in total. The van der Waals surface area contributed by atoms with Crippen molar-refractivity contribution in [1.82, 2.24) is 0 Å². The van der Waals surface area contributed by atoms with Crippen LogP contribution in [0.5, 0.6) is 0 Å². The summed E-state index contributed by atoms with van der Waals surface area (Å²) in [4.78, 5) is 20.2. The Labute approximate surface area is 117 Å². The van der Waals surface area contributed by atoms with E-state index in [0.29, 0.717) is 5.19 Å². The molecule has 0 saturated carbocycles. The van der Waals surface area contributed by atoms with Crippen LogP contribution in [0.15, 0.2) is 54.6 Å². The van der Waals surface area contributed by atoms with Gasteiger partial charge in [0.25, 0.3) is 0 Å². The monoisotopic (exact) mass is 278 g/mol. The zero-order valence-corrected chi connectivity index (χ0v) is 12.1. The number of hydrogen-bond acceptors (Lipinski definition) is 2. The van der Waals surface area contributed by atoms with Crippen LogP contribution in [0, 0.1) is 0 Å². The molecule has 0 bridgehead atoms. The van der Waals surface area contributed by atoms with Crippen molar-refractivity contribution in [2.45, 2.75) is 6.55 Å². The van der Waals surface area contributed by atoms with E-state index in [1.54, 1.807) is 6.55 Å². The molecule has 0 radical (unpaired) electrons. The van der Waals surface area contributed by atoms with Gasteiger partial charge in [0.05, 0.1) is 0 Å². The molecule has 4 aromatic rings. The van der Waals surface area contributed by atoms with E-state index in [9.17, 15) is 9.59 Å². The first-order chi connectivity index (χ1) is 9.55. The summed E-state index contributed by atoms with van der Waals surface area (Å²) in [6, 6.07) is 18.4. The Hall–Kier alpha value is -1.94. The third-order valence-electron chi connectivity index (χ3n) is 4.04. The van der Waals surface area contributed by atoms with Crippen LogP contribution < -0.4 is 5.19 Å². The third kappa shape index (κ3) is 1.51. The highest BCUT2D eigenvalue weighted by Crippen LogP contribution is 2.33. The Morgan fingerprint density at radius 1 is 0.700 bits per heavy atom. The molecule has 3 heteroatoms. The molecule has 4 aromatic carbocycles. The molecule has 2 N–H and O–H groups in total. The van der Waals surface area contributed by atoms with E-state index in [2.05, 4.69) is 36.4 Å². The molecule has 0 aliphatic rings. The normalized spacial score (nSPS) is 12.8. The van der Waals surface area contributed by atoms with E-state index in [4.69, 9.17) is 0 Å². The molecule has 0 aliphatic carbocycles. The first-order valence-electron chi connectivity index (χ1n) is 6.67. The summed E-state index contributed by atoms with van der Waals surface area (Å²) in [5.41, 5.74) is 0. The number of benzene rings is 4. The van der Waals surface area contributed by atoms with Crippen molar-refractivity contribution in [1.29, 1.82) is 0 Å². The summed E-state index contributed by atoms with van der Waals surface area (Å²) in [6.07, 6.45) is 0. The van der Waals surface area contributed by atoms with E-state index in [0.717, 1.165) is 16.2 Å². The van der Waals surface area contributed by atoms with Gasteiger partial charge in [-0.3, -0.25) is 0 Å². The Morgan fingerprint density at radius 2 is 1.25 bits per heavy atom. The summed E-state index contributed by atoms with van der Waals surface area (Å²) in [5, 5.41) is 7.53. The lowest BCUT2D eigenvalue weighted by atomic mass is 9.94. The van der Waals surface area contributed by atoms with Crippen LogP contribution in [0.25, 0.3) is 32.3 Å². The maximum absolute atomic E-state index is 10.1. The molecule has 0 atom stereocenters. The third-order valence-corrected chi connectivity index (χ3v) is 5.50. The minimum Gasteiger partial charge on any atom is -0.408 e. The minimum absolute atomic E-state index is 0.684. The molecular weight excluding hydrogens is 264 g/mol.